The number of rotatable bonds is 16. The number of H-pyrrole nitrogens is 1. The van der Waals surface area contributed by atoms with E-state index in [4.69, 9.17) is 17.2 Å². The van der Waals surface area contributed by atoms with Gasteiger partial charge in [-0.2, -0.15) is 0 Å². The average molecular weight is 518 g/mol. The Morgan fingerprint density at radius 2 is 1.70 bits per heavy atom. The van der Waals surface area contributed by atoms with Gasteiger partial charge in [0.05, 0.1) is 12.6 Å². The van der Waals surface area contributed by atoms with Crippen LogP contribution >= 0.6 is 0 Å². The number of para-hydroxylation sites is 1. The van der Waals surface area contributed by atoms with Crippen LogP contribution in [0.2, 0.25) is 0 Å². The highest BCUT2D eigenvalue weighted by molar-refractivity contribution is 5.93. The van der Waals surface area contributed by atoms with Crippen molar-refractivity contribution in [3.05, 3.63) is 36.0 Å². The van der Waals surface area contributed by atoms with E-state index < -0.39 is 54.3 Å². The van der Waals surface area contributed by atoms with Crippen molar-refractivity contribution in [2.75, 3.05) is 13.1 Å². The van der Waals surface area contributed by atoms with Gasteiger partial charge < -0.3 is 43.2 Å². The molecular formula is C24H35N7O6. The van der Waals surface area contributed by atoms with Crippen LogP contribution in [0.25, 0.3) is 10.9 Å². The van der Waals surface area contributed by atoms with E-state index in [1.165, 1.54) is 0 Å². The van der Waals surface area contributed by atoms with Gasteiger partial charge in [-0.1, -0.05) is 24.6 Å². The van der Waals surface area contributed by atoms with Gasteiger partial charge >= 0.3 is 5.97 Å². The minimum atomic E-state index is -1.24. The minimum absolute atomic E-state index is 0.0262. The number of unbranched alkanes of at least 4 members (excludes halogenated alkanes) is 1. The predicted octanol–water partition coefficient (Wildman–Crippen LogP) is -1.40. The van der Waals surface area contributed by atoms with E-state index in [0.29, 0.717) is 31.4 Å². The lowest BCUT2D eigenvalue weighted by molar-refractivity contribution is -0.141. The smallest absolute Gasteiger partial charge is 0.326 e. The summed E-state index contributed by atoms with van der Waals surface area (Å²) in [5.74, 6) is -3.96. The zero-order valence-electron chi connectivity index (χ0n) is 20.5. The molecule has 0 spiro atoms. The van der Waals surface area contributed by atoms with Gasteiger partial charge in [0, 0.05) is 29.9 Å². The number of nitrogens with two attached hydrogens (primary N) is 3. The normalized spacial score (nSPS) is 13.4. The van der Waals surface area contributed by atoms with E-state index in [0.717, 1.165) is 10.9 Å². The maximum atomic E-state index is 12.7. The van der Waals surface area contributed by atoms with Crippen LogP contribution in [0, 0.1) is 0 Å². The molecule has 0 saturated heterocycles. The van der Waals surface area contributed by atoms with Crippen molar-refractivity contribution in [3.8, 4) is 0 Å². The first kappa shape index (κ1) is 29.3. The van der Waals surface area contributed by atoms with Crippen molar-refractivity contribution >= 4 is 40.5 Å². The van der Waals surface area contributed by atoms with Crippen molar-refractivity contribution in [2.24, 2.45) is 17.2 Å². The Bertz CT molecular complexity index is 1100. The highest BCUT2D eigenvalue weighted by atomic mass is 16.4. The second-order valence-electron chi connectivity index (χ2n) is 8.70. The number of aromatic amines is 1. The van der Waals surface area contributed by atoms with Gasteiger partial charge in [0.2, 0.25) is 23.6 Å². The summed E-state index contributed by atoms with van der Waals surface area (Å²) in [6.45, 7) is -0.0768. The number of carboxylic acids is 1. The van der Waals surface area contributed by atoms with Crippen LogP contribution in [0.5, 0.6) is 0 Å². The average Bonchev–Trinajstić information content (AvgIpc) is 3.27. The zero-order chi connectivity index (χ0) is 27.4. The molecule has 11 N–H and O–H groups in total. The Balaban J connectivity index is 1.95. The fourth-order valence-electron chi connectivity index (χ4n) is 3.73. The molecule has 0 aliphatic carbocycles. The minimum Gasteiger partial charge on any atom is -0.480 e. The number of nitrogens with one attached hydrogen (secondary N) is 4. The number of primary amides is 1. The number of hydrogen-bond donors (Lipinski definition) is 8. The van der Waals surface area contributed by atoms with Crippen LogP contribution in [0.3, 0.4) is 0 Å². The summed E-state index contributed by atoms with van der Waals surface area (Å²) >= 11 is 0. The molecule has 0 saturated carbocycles. The molecule has 13 nitrogen and oxygen atoms in total. The summed E-state index contributed by atoms with van der Waals surface area (Å²) in [6, 6.07) is 4.09. The van der Waals surface area contributed by atoms with Gasteiger partial charge in [-0.05, 0) is 37.4 Å². The Hall–Kier alpha value is -3.97. The van der Waals surface area contributed by atoms with Gasteiger partial charge in [-0.15, -0.1) is 0 Å². The van der Waals surface area contributed by atoms with Gasteiger partial charge in [-0.25, -0.2) is 4.79 Å². The maximum Gasteiger partial charge on any atom is 0.326 e. The van der Waals surface area contributed by atoms with E-state index >= 15 is 0 Å². The number of fused-ring (bicyclic) bond motifs is 1. The molecule has 1 aromatic carbocycles. The fourth-order valence-corrected chi connectivity index (χ4v) is 3.73. The highest BCUT2D eigenvalue weighted by Gasteiger charge is 2.26. The number of hydrogen-bond acceptors (Lipinski definition) is 7. The quantitative estimate of drug-likeness (QED) is 0.123. The largest absolute Gasteiger partial charge is 0.480 e. The molecule has 2 rings (SSSR count). The predicted molar refractivity (Wildman–Crippen MR) is 136 cm³/mol. The van der Waals surface area contributed by atoms with Crippen LogP contribution < -0.4 is 33.2 Å². The Kier molecular flexibility index (Phi) is 11.5. The van der Waals surface area contributed by atoms with E-state index in [2.05, 4.69) is 20.9 Å². The molecule has 13 heteroatoms. The Morgan fingerprint density at radius 1 is 0.973 bits per heavy atom. The van der Waals surface area contributed by atoms with Crippen molar-refractivity contribution in [3.63, 3.8) is 0 Å². The Morgan fingerprint density at radius 3 is 2.38 bits per heavy atom. The summed E-state index contributed by atoms with van der Waals surface area (Å²) in [5.41, 5.74) is 18.0. The van der Waals surface area contributed by atoms with Gasteiger partial charge in [-0.3, -0.25) is 19.2 Å². The van der Waals surface area contributed by atoms with E-state index in [1.54, 1.807) is 6.20 Å². The molecule has 4 amide bonds. The number of benzene rings is 1. The summed E-state index contributed by atoms with van der Waals surface area (Å²) in [6.07, 6.45) is 3.12. The lowest BCUT2D eigenvalue weighted by Crippen LogP contribution is -2.53. The molecule has 37 heavy (non-hydrogen) atoms. The van der Waals surface area contributed by atoms with E-state index in [9.17, 15) is 29.1 Å². The van der Waals surface area contributed by atoms with Crippen molar-refractivity contribution in [1.29, 1.82) is 0 Å². The van der Waals surface area contributed by atoms with Crippen molar-refractivity contribution < 1.29 is 29.1 Å². The SMILES string of the molecule is NCCCCC(N)C(=O)NC(CCC(N)=O)C(=O)NCC(=O)NC(Cc1c[nH]c2ccccc12)C(=O)O. The number of carbonyl (C=O) groups is 5. The van der Waals surface area contributed by atoms with Crippen LogP contribution in [-0.2, 0) is 30.4 Å². The lowest BCUT2D eigenvalue weighted by Gasteiger charge is -2.21. The number of aliphatic carboxylic acids is 1. The summed E-state index contributed by atoms with van der Waals surface area (Å²) in [4.78, 5) is 63.5. The molecule has 0 fully saturated rings. The molecule has 0 aliphatic rings. The van der Waals surface area contributed by atoms with Crippen LogP contribution in [-0.4, -0.2) is 70.9 Å². The second kappa shape index (κ2) is 14.6. The van der Waals surface area contributed by atoms with Crippen LogP contribution in [0.4, 0.5) is 0 Å². The molecule has 3 atom stereocenters. The number of carbonyl (C=O) groups excluding carboxylic acids is 4. The molecule has 2 aromatic rings. The number of carboxylic acid groups (broad SMARTS) is 1. The first-order valence-corrected chi connectivity index (χ1v) is 12.0. The first-order chi connectivity index (χ1) is 17.6. The maximum absolute atomic E-state index is 12.7. The highest BCUT2D eigenvalue weighted by Crippen LogP contribution is 2.19. The number of aromatic nitrogens is 1. The summed E-state index contributed by atoms with van der Waals surface area (Å²) in [5, 5.41) is 17.7. The molecule has 0 aliphatic heterocycles. The molecule has 1 aromatic heterocycles. The molecule has 3 unspecified atom stereocenters. The van der Waals surface area contributed by atoms with Gasteiger partial charge in [0.1, 0.15) is 12.1 Å². The summed E-state index contributed by atoms with van der Waals surface area (Å²) < 4.78 is 0. The third-order valence-electron chi connectivity index (χ3n) is 5.77. The fraction of sp³-hybridized carbons (Fsp3) is 0.458. The second-order valence-corrected chi connectivity index (χ2v) is 8.70. The zero-order valence-corrected chi connectivity index (χ0v) is 20.5. The molecule has 202 valence electrons. The first-order valence-electron chi connectivity index (χ1n) is 12.0. The van der Waals surface area contributed by atoms with E-state index in [1.807, 2.05) is 24.3 Å². The standard InChI is InChI=1S/C24H35N7O6/c25-10-4-3-6-16(26)22(34)31-18(8-9-20(27)32)23(35)29-13-21(33)30-19(24(36)37)11-14-12-28-17-7-2-1-5-15(14)17/h1-2,5,7,12,16,18-19,28H,3-4,6,8-11,13,25-26H2,(H2,27,32)(H,29,35)(H,30,33)(H,31,34)(H,36,37). The van der Waals surface area contributed by atoms with E-state index in [-0.39, 0.29) is 19.3 Å². The molecular weight excluding hydrogens is 482 g/mol. The molecule has 1 heterocycles. The van der Waals surface area contributed by atoms with Crippen LogP contribution in [0.15, 0.2) is 30.5 Å². The topological polar surface area (TPSA) is 236 Å². The Labute approximate surface area is 213 Å². The van der Waals surface area contributed by atoms with Crippen molar-refractivity contribution in [2.45, 2.75) is 56.7 Å². The number of amides is 4. The third-order valence-corrected chi connectivity index (χ3v) is 5.77. The van der Waals surface area contributed by atoms with Gasteiger partial charge in [0.25, 0.3) is 0 Å². The molecule has 0 bridgehead atoms. The third kappa shape index (κ3) is 9.54. The van der Waals surface area contributed by atoms with Crippen molar-refractivity contribution in [1.82, 2.24) is 20.9 Å². The monoisotopic (exact) mass is 517 g/mol. The van der Waals surface area contributed by atoms with Gasteiger partial charge in [0.15, 0.2) is 0 Å². The summed E-state index contributed by atoms with van der Waals surface area (Å²) in [7, 11) is 0. The molecule has 0 radical (unpaired) electrons. The lowest BCUT2D eigenvalue weighted by atomic mass is 10.0. The van der Waals surface area contributed by atoms with Crippen LogP contribution in [0.1, 0.15) is 37.7 Å².